The molecule has 3 rings (SSSR count). The molecule has 8 heteroatoms. The highest BCUT2D eigenvalue weighted by atomic mass is 19.1. The van der Waals surface area contributed by atoms with Gasteiger partial charge < -0.3 is 15.5 Å². The summed E-state index contributed by atoms with van der Waals surface area (Å²) in [4.78, 5) is 22.5. The molecule has 0 aliphatic carbocycles. The predicted molar refractivity (Wildman–Crippen MR) is 85.7 cm³/mol. The van der Waals surface area contributed by atoms with Crippen molar-refractivity contribution in [2.75, 3.05) is 23.3 Å². The van der Waals surface area contributed by atoms with Crippen LogP contribution in [0, 0.1) is 11.6 Å². The second kappa shape index (κ2) is 7.20. The first-order valence-electron chi connectivity index (χ1n) is 7.68. The molecule has 0 radical (unpaired) electrons. The van der Waals surface area contributed by atoms with Gasteiger partial charge >= 0.3 is 6.03 Å². The number of urea groups is 1. The maximum Gasteiger partial charge on any atom is 0.319 e. The second-order valence-corrected chi connectivity index (χ2v) is 5.46. The zero-order chi connectivity index (χ0) is 16.9. The van der Waals surface area contributed by atoms with Crippen molar-refractivity contribution in [1.82, 2.24) is 15.3 Å². The van der Waals surface area contributed by atoms with E-state index < -0.39 is 17.7 Å². The summed E-state index contributed by atoms with van der Waals surface area (Å²) in [5.41, 5.74) is -0.223. The summed E-state index contributed by atoms with van der Waals surface area (Å²) >= 11 is 0. The van der Waals surface area contributed by atoms with Crippen LogP contribution in [0.2, 0.25) is 0 Å². The van der Waals surface area contributed by atoms with Crippen molar-refractivity contribution in [3.63, 3.8) is 0 Å². The van der Waals surface area contributed by atoms with Gasteiger partial charge in [0.1, 0.15) is 23.3 Å². The van der Waals surface area contributed by atoms with Gasteiger partial charge in [0, 0.05) is 25.4 Å². The Hall–Kier alpha value is -2.77. The van der Waals surface area contributed by atoms with E-state index in [4.69, 9.17) is 0 Å². The van der Waals surface area contributed by atoms with Crippen molar-refractivity contribution >= 4 is 17.5 Å². The number of aromatic nitrogens is 2. The molecule has 1 aromatic carbocycles. The van der Waals surface area contributed by atoms with Gasteiger partial charge in [-0.1, -0.05) is 0 Å². The molecule has 1 aliphatic heterocycles. The van der Waals surface area contributed by atoms with Crippen LogP contribution in [0.5, 0.6) is 0 Å². The molecule has 2 heterocycles. The molecular formula is C16H17F2N5O. The first kappa shape index (κ1) is 16.1. The average Bonchev–Trinajstić information content (AvgIpc) is 3.11. The summed E-state index contributed by atoms with van der Waals surface area (Å²) in [7, 11) is 0. The number of hydrogen-bond donors (Lipinski definition) is 2. The maximum absolute atomic E-state index is 13.5. The van der Waals surface area contributed by atoms with Crippen LogP contribution in [0.4, 0.5) is 25.1 Å². The van der Waals surface area contributed by atoms with Gasteiger partial charge in [0.15, 0.2) is 0 Å². The van der Waals surface area contributed by atoms with Gasteiger partial charge in [0.2, 0.25) is 0 Å². The molecular weight excluding hydrogens is 316 g/mol. The van der Waals surface area contributed by atoms with Crippen LogP contribution < -0.4 is 15.5 Å². The topological polar surface area (TPSA) is 70.2 Å². The summed E-state index contributed by atoms with van der Waals surface area (Å²) in [6.07, 6.45) is 3.92. The van der Waals surface area contributed by atoms with Crippen molar-refractivity contribution < 1.29 is 13.6 Å². The SMILES string of the molecule is O=C(NCc1nccc(N2CCCC2)n1)Nc1cc(F)ccc1F. The minimum Gasteiger partial charge on any atom is -0.357 e. The Kier molecular flexibility index (Phi) is 4.83. The quantitative estimate of drug-likeness (QED) is 0.902. The summed E-state index contributed by atoms with van der Waals surface area (Å²) in [6.45, 7) is 2.01. The molecule has 0 saturated carbocycles. The van der Waals surface area contributed by atoms with E-state index in [1.54, 1.807) is 6.20 Å². The lowest BCUT2D eigenvalue weighted by atomic mass is 10.3. The Balaban J connectivity index is 1.58. The molecule has 24 heavy (non-hydrogen) atoms. The first-order valence-corrected chi connectivity index (χ1v) is 7.68. The predicted octanol–water partition coefficient (Wildman–Crippen LogP) is 2.68. The fourth-order valence-corrected chi connectivity index (χ4v) is 2.51. The summed E-state index contributed by atoms with van der Waals surface area (Å²) in [5.74, 6) is -0.0580. The monoisotopic (exact) mass is 333 g/mol. The zero-order valence-corrected chi connectivity index (χ0v) is 12.9. The number of nitrogens with one attached hydrogen (secondary N) is 2. The molecule has 1 fully saturated rings. The number of nitrogens with zero attached hydrogens (tertiary/aromatic N) is 3. The highest BCUT2D eigenvalue weighted by Gasteiger charge is 2.14. The highest BCUT2D eigenvalue weighted by molar-refractivity contribution is 5.89. The molecule has 1 aromatic heterocycles. The smallest absolute Gasteiger partial charge is 0.319 e. The molecule has 2 aromatic rings. The highest BCUT2D eigenvalue weighted by Crippen LogP contribution is 2.17. The molecule has 6 nitrogen and oxygen atoms in total. The van der Waals surface area contributed by atoms with Gasteiger partial charge in [-0.3, -0.25) is 0 Å². The minimum atomic E-state index is -0.709. The van der Waals surface area contributed by atoms with E-state index in [2.05, 4.69) is 25.5 Å². The van der Waals surface area contributed by atoms with Gasteiger partial charge in [-0.05, 0) is 31.0 Å². The van der Waals surface area contributed by atoms with Crippen LogP contribution in [0.3, 0.4) is 0 Å². The van der Waals surface area contributed by atoms with Crippen molar-refractivity contribution in [1.29, 1.82) is 0 Å². The first-order chi connectivity index (χ1) is 11.6. The van der Waals surface area contributed by atoms with E-state index in [0.717, 1.165) is 49.9 Å². The van der Waals surface area contributed by atoms with E-state index >= 15 is 0 Å². The average molecular weight is 333 g/mol. The van der Waals surface area contributed by atoms with Crippen LogP contribution in [0.15, 0.2) is 30.5 Å². The van der Waals surface area contributed by atoms with Gasteiger partial charge in [-0.25, -0.2) is 23.5 Å². The van der Waals surface area contributed by atoms with Crippen LogP contribution in [-0.4, -0.2) is 29.1 Å². The third-order valence-electron chi connectivity index (χ3n) is 3.70. The molecule has 0 unspecified atom stereocenters. The van der Waals surface area contributed by atoms with E-state index in [0.29, 0.717) is 5.82 Å². The van der Waals surface area contributed by atoms with E-state index in [9.17, 15) is 13.6 Å². The Morgan fingerprint density at radius 3 is 2.79 bits per heavy atom. The summed E-state index contributed by atoms with van der Waals surface area (Å²) in [5, 5.41) is 4.79. The van der Waals surface area contributed by atoms with Crippen LogP contribution in [-0.2, 0) is 6.54 Å². The Bertz CT molecular complexity index is 734. The Labute approximate surface area is 137 Å². The molecule has 2 amide bonds. The van der Waals surface area contributed by atoms with Gasteiger partial charge in [-0.15, -0.1) is 0 Å². The van der Waals surface area contributed by atoms with Crippen LogP contribution >= 0.6 is 0 Å². The van der Waals surface area contributed by atoms with Crippen LogP contribution in [0.1, 0.15) is 18.7 Å². The van der Waals surface area contributed by atoms with Crippen LogP contribution in [0.25, 0.3) is 0 Å². The molecule has 0 spiro atoms. The molecule has 0 atom stereocenters. The number of rotatable bonds is 4. The number of amides is 2. The lowest BCUT2D eigenvalue weighted by Crippen LogP contribution is -2.29. The minimum absolute atomic E-state index is 0.0877. The largest absolute Gasteiger partial charge is 0.357 e. The molecule has 1 aliphatic rings. The van der Waals surface area contributed by atoms with Crippen molar-refractivity contribution in [2.45, 2.75) is 19.4 Å². The number of halogens is 2. The van der Waals surface area contributed by atoms with Gasteiger partial charge in [0.05, 0.1) is 12.2 Å². The van der Waals surface area contributed by atoms with Gasteiger partial charge in [0.25, 0.3) is 0 Å². The van der Waals surface area contributed by atoms with E-state index in [1.165, 1.54) is 0 Å². The lowest BCUT2D eigenvalue weighted by molar-refractivity contribution is 0.251. The number of carbonyl (C=O) groups excluding carboxylic acids is 1. The van der Waals surface area contributed by atoms with Gasteiger partial charge in [-0.2, -0.15) is 0 Å². The standard InChI is InChI=1S/C16H17F2N5O/c17-11-3-4-12(18)13(9-11)21-16(24)20-10-14-19-6-5-15(22-14)23-7-1-2-8-23/h3-6,9H,1-2,7-8,10H2,(H2,20,21,24). The third-order valence-corrected chi connectivity index (χ3v) is 3.70. The summed E-state index contributed by atoms with van der Waals surface area (Å²) < 4.78 is 26.6. The maximum atomic E-state index is 13.5. The third kappa shape index (κ3) is 3.95. The molecule has 0 bridgehead atoms. The molecule has 126 valence electrons. The lowest BCUT2D eigenvalue weighted by Gasteiger charge is -2.16. The number of anilines is 2. The van der Waals surface area contributed by atoms with Crippen molar-refractivity contribution in [2.24, 2.45) is 0 Å². The normalized spacial score (nSPS) is 13.8. The fraction of sp³-hybridized carbons (Fsp3) is 0.312. The number of hydrogen-bond acceptors (Lipinski definition) is 4. The fourth-order valence-electron chi connectivity index (χ4n) is 2.51. The van der Waals surface area contributed by atoms with Crippen molar-refractivity contribution in [3.8, 4) is 0 Å². The Morgan fingerprint density at radius 1 is 1.21 bits per heavy atom. The Morgan fingerprint density at radius 2 is 2.00 bits per heavy atom. The number of carbonyl (C=O) groups is 1. The van der Waals surface area contributed by atoms with E-state index in [1.807, 2.05) is 6.07 Å². The number of benzene rings is 1. The molecule has 1 saturated heterocycles. The summed E-state index contributed by atoms with van der Waals surface area (Å²) in [6, 6.07) is 4.02. The zero-order valence-electron chi connectivity index (χ0n) is 12.9. The molecule has 2 N–H and O–H groups in total. The van der Waals surface area contributed by atoms with Crippen molar-refractivity contribution in [3.05, 3.63) is 47.9 Å². The van der Waals surface area contributed by atoms with E-state index in [-0.39, 0.29) is 12.2 Å². The second-order valence-electron chi connectivity index (χ2n) is 5.46.